The second kappa shape index (κ2) is 3.53. The van der Waals surface area contributed by atoms with Crippen molar-refractivity contribution in [3.63, 3.8) is 0 Å². The van der Waals surface area contributed by atoms with E-state index in [1.165, 1.54) is 0 Å². The van der Waals surface area contributed by atoms with Gasteiger partial charge >= 0.3 is 6.16 Å². The highest BCUT2D eigenvalue weighted by molar-refractivity contribution is 4.63. The monoisotopic (exact) mass is 188 g/mol. The van der Waals surface area contributed by atoms with Crippen LogP contribution in [0.25, 0.3) is 0 Å². The molecule has 0 aromatic rings. The molecule has 4 heteroatoms. The van der Waals surface area contributed by atoms with Crippen molar-refractivity contribution in [1.82, 2.24) is 0 Å². The molecule has 1 spiro atoms. The number of rotatable bonds is 0. The summed E-state index contributed by atoms with van der Waals surface area (Å²) in [4.78, 5) is 0. The zero-order valence-corrected chi connectivity index (χ0v) is 8.12. The molecule has 2 saturated heterocycles. The lowest BCUT2D eigenvalue weighted by molar-refractivity contribution is -0.533. The Morgan fingerprint density at radius 1 is 0.769 bits per heavy atom. The number of ether oxygens (including phenoxy) is 4. The molecule has 0 N–H and O–H groups in total. The van der Waals surface area contributed by atoms with E-state index in [0.29, 0.717) is 38.3 Å². The van der Waals surface area contributed by atoms with E-state index in [1.807, 2.05) is 0 Å². The van der Waals surface area contributed by atoms with Gasteiger partial charge in [-0.15, -0.1) is 0 Å². The van der Waals surface area contributed by atoms with Gasteiger partial charge in [0.05, 0.1) is 26.4 Å². The minimum absolute atomic E-state index is 0.414. The molecule has 0 bridgehead atoms. The van der Waals surface area contributed by atoms with Gasteiger partial charge in [0.25, 0.3) is 0 Å². The summed E-state index contributed by atoms with van der Waals surface area (Å²) in [6.45, 7) is 6.67. The lowest BCUT2D eigenvalue weighted by atomic mass is 10.2. The normalized spacial score (nSPS) is 46.6. The van der Waals surface area contributed by atoms with Crippen LogP contribution in [0.2, 0.25) is 0 Å². The molecule has 2 aliphatic heterocycles. The van der Waals surface area contributed by atoms with Crippen molar-refractivity contribution in [2.75, 3.05) is 26.4 Å². The molecule has 13 heavy (non-hydrogen) atoms. The Kier molecular flexibility index (Phi) is 2.55. The van der Waals surface area contributed by atoms with Gasteiger partial charge in [-0.2, -0.15) is 0 Å². The van der Waals surface area contributed by atoms with Gasteiger partial charge in [0.15, 0.2) is 0 Å². The van der Waals surface area contributed by atoms with Crippen molar-refractivity contribution in [3.8, 4) is 0 Å². The van der Waals surface area contributed by atoms with Crippen LogP contribution in [0.4, 0.5) is 0 Å². The molecular weight excluding hydrogens is 172 g/mol. The third-order valence-electron chi connectivity index (χ3n) is 2.18. The van der Waals surface area contributed by atoms with E-state index in [0.717, 1.165) is 0 Å². The van der Waals surface area contributed by atoms with Crippen LogP contribution < -0.4 is 0 Å². The maximum Gasteiger partial charge on any atom is 0.412 e. The van der Waals surface area contributed by atoms with Crippen LogP contribution in [0.5, 0.6) is 0 Å². The average Bonchev–Trinajstić information content (AvgIpc) is 2.16. The molecule has 0 atom stereocenters. The van der Waals surface area contributed by atoms with E-state index in [9.17, 15) is 0 Å². The minimum atomic E-state index is -1.18. The molecule has 2 rings (SSSR count). The summed E-state index contributed by atoms with van der Waals surface area (Å²) in [5, 5.41) is 0. The molecule has 0 radical (unpaired) electrons. The van der Waals surface area contributed by atoms with Crippen LogP contribution in [0.1, 0.15) is 13.8 Å². The first-order chi connectivity index (χ1) is 6.20. The van der Waals surface area contributed by atoms with E-state index in [-0.39, 0.29) is 0 Å². The zero-order valence-electron chi connectivity index (χ0n) is 8.12. The summed E-state index contributed by atoms with van der Waals surface area (Å²) in [7, 11) is 0. The van der Waals surface area contributed by atoms with E-state index >= 15 is 0 Å². The third kappa shape index (κ3) is 2.02. The minimum Gasteiger partial charge on any atom is -0.303 e. The highest BCUT2D eigenvalue weighted by atomic mass is 17.0. The quantitative estimate of drug-likeness (QED) is 0.567. The Labute approximate surface area is 78.1 Å². The zero-order chi connectivity index (χ0) is 9.31. The summed E-state index contributed by atoms with van der Waals surface area (Å²) >= 11 is 0. The fraction of sp³-hybridized carbons (Fsp3) is 1.00. The van der Waals surface area contributed by atoms with Crippen LogP contribution >= 0.6 is 0 Å². The lowest BCUT2D eigenvalue weighted by Gasteiger charge is -2.41. The molecule has 0 amide bonds. The maximum absolute atomic E-state index is 5.40. The fourth-order valence-corrected chi connectivity index (χ4v) is 1.32. The average molecular weight is 188 g/mol. The molecule has 0 aromatic carbocycles. The predicted molar refractivity (Wildman–Crippen MR) is 44.9 cm³/mol. The highest BCUT2D eigenvalue weighted by Crippen LogP contribution is 2.28. The maximum atomic E-state index is 5.40. The van der Waals surface area contributed by atoms with Gasteiger partial charge in [-0.05, 0) is 0 Å². The van der Waals surface area contributed by atoms with Crippen molar-refractivity contribution < 1.29 is 18.9 Å². The Morgan fingerprint density at radius 2 is 1.08 bits per heavy atom. The fourth-order valence-electron chi connectivity index (χ4n) is 1.32. The van der Waals surface area contributed by atoms with E-state index < -0.39 is 6.16 Å². The second-order valence-electron chi connectivity index (χ2n) is 3.95. The largest absolute Gasteiger partial charge is 0.412 e. The summed E-state index contributed by atoms with van der Waals surface area (Å²) in [5.74, 6) is 0.828. The smallest absolute Gasteiger partial charge is 0.303 e. The van der Waals surface area contributed by atoms with Crippen LogP contribution in [0.15, 0.2) is 0 Å². The molecule has 2 fully saturated rings. The van der Waals surface area contributed by atoms with Crippen molar-refractivity contribution in [3.05, 3.63) is 0 Å². The summed E-state index contributed by atoms with van der Waals surface area (Å²) in [5.41, 5.74) is 0. The molecule has 4 nitrogen and oxygen atoms in total. The molecule has 0 unspecified atom stereocenters. The summed E-state index contributed by atoms with van der Waals surface area (Å²) < 4.78 is 21.6. The Hall–Kier alpha value is -0.160. The Balaban J connectivity index is 1.90. The van der Waals surface area contributed by atoms with Crippen LogP contribution in [-0.4, -0.2) is 32.6 Å². The third-order valence-corrected chi connectivity index (χ3v) is 2.18. The van der Waals surface area contributed by atoms with Gasteiger partial charge in [-0.3, -0.25) is 0 Å². The topological polar surface area (TPSA) is 36.9 Å². The van der Waals surface area contributed by atoms with Crippen molar-refractivity contribution in [1.29, 1.82) is 0 Å². The van der Waals surface area contributed by atoms with Gasteiger partial charge in [-0.1, -0.05) is 13.8 Å². The van der Waals surface area contributed by atoms with Crippen LogP contribution in [-0.2, 0) is 18.9 Å². The van der Waals surface area contributed by atoms with Crippen molar-refractivity contribution in [2.45, 2.75) is 20.0 Å². The van der Waals surface area contributed by atoms with E-state index in [4.69, 9.17) is 18.9 Å². The van der Waals surface area contributed by atoms with E-state index in [1.54, 1.807) is 0 Å². The van der Waals surface area contributed by atoms with E-state index in [2.05, 4.69) is 13.8 Å². The van der Waals surface area contributed by atoms with Gasteiger partial charge < -0.3 is 18.9 Å². The summed E-state index contributed by atoms with van der Waals surface area (Å²) in [6, 6.07) is 0. The first-order valence-electron chi connectivity index (χ1n) is 4.76. The Morgan fingerprint density at radius 3 is 1.38 bits per heavy atom. The lowest BCUT2D eigenvalue weighted by Crippen LogP contribution is -2.52. The first kappa shape index (κ1) is 9.40. The Bertz CT molecular complexity index is 143. The van der Waals surface area contributed by atoms with Gasteiger partial charge in [0.1, 0.15) is 0 Å². The van der Waals surface area contributed by atoms with Crippen LogP contribution in [0, 0.1) is 11.8 Å². The summed E-state index contributed by atoms with van der Waals surface area (Å²) in [6.07, 6.45) is -1.18. The molecule has 0 saturated carbocycles. The number of hydrogen-bond donors (Lipinski definition) is 0. The molecular formula is C9H16O4. The molecule has 0 aliphatic carbocycles. The molecule has 0 aromatic heterocycles. The number of hydrogen-bond acceptors (Lipinski definition) is 4. The highest BCUT2D eigenvalue weighted by Gasteiger charge is 2.43. The molecule has 2 heterocycles. The SMILES string of the molecule is CC1COC2(OC1)OCC(C)CO2. The van der Waals surface area contributed by atoms with Gasteiger partial charge in [0, 0.05) is 11.8 Å². The molecule has 2 aliphatic rings. The van der Waals surface area contributed by atoms with Crippen LogP contribution in [0.3, 0.4) is 0 Å². The first-order valence-corrected chi connectivity index (χ1v) is 4.76. The standard InChI is InChI=1S/C9H16O4/c1-7-3-10-9(11-4-7)12-5-8(2)6-13-9/h7-8H,3-6H2,1-2H3. The van der Waals surface area contributed by atoms with Gasteiger partial charge in [0.2, 0.25) is 0 Å². The van der Waals surface area contributed by atoms with Gasteiger partial charge in [-0.25, -0.2) is 0 Å². The predicted octanol–water partition coefficient (Wildman–Crippen LogP) is 0.964. The second-order valence-corrected chi connectivity index (χ2v) is 3.95. The van der Waals surface area contributed by atoms with Crippen molar-refractivity contribution >= 4 is 0 Å². The molecule has 76 valence electrons. The van der Waals surface area contributed by atoms with Crippen molar-refractivity contribution in [2.24, 2.45) is 11.8 Å².